The molecular weight excluding hydrogens is 220 g/mol. The van der Waals surface area contributed by atoms with Gasteiger partial charge in [0, 0.05) is 12.4 Å². The van der Waals surface area contributed by atoms with Crippen molar-refractivity contribution in [2.24, 2.45) is 5.92 Å². The number of carbonyl (C=O) groups is 2. The molecule has 0 aromatic rings. The molecule has 2 amide bonds. The van der Waals surface area contributed by atoms with E-state index in [2.05, 4.69) is 5.32 Å². The highest BCUT2D eigenvalue weighted by Gasteiger charge is 2.35. The normalized spacial score (nSPS) is 20.5. The number of rotatable bonds is 1. The van der Waals surface area contributed by atoms with Crippen molar-refractivity contribution in [1.82, 2.24) is 10.2 Å². The smallest absolute Gasteiger partial charge is 0.415 e. The highest BCUT2D eigenvalue weighted by atomic mass is 16.6. The number of amides is 2. The SMILES string of the molecule is CC(C)C1C(=O)NC=CN1C(=O)OC(C)(C)C. The van der Waals surface area contributed by atoms with E-state index in [1.807, 2.05) is 13.8 Å². The molecule has 5 heteroatoms. The number of nitrogens with zero attached hydrogens (tertiary/aromatic N) is 1. The van der Waals surface area contributed by atoms with Gasteiger partial charge in [-0.15, -0.1) is 0 Å². The van der Waals surface area contributed by atoms with Crippen LogP contribution in [0.1, 0.15) is 34.6 Å². The first kappa shape index (κ1) is 13.5. The van der Waals surface area contributed by atoms with Crippen LogP contribution in [0.5, 0.6) is 0 Å². The lowest BCUT2D eigenvalue weighted by molar-refractivity contribution is -0.126. The Balaban J connectivity index is 2.86. The lowest BCUT2D eigenvalue weighted by Gasteiger charge is -2.34. The first-order valence-corrected chi connectivity index (χ1v) is 5.71. The zero-order valence-corrected chi connectivity index (χ0v) is 11.0. The molecule has 1 aliphatic rings. The molecule has 0 saturated carbocycles. The van der Waals surface area contributed by atoms with Gasteiger partial charge in [0.25, 0.3) is 0 Å². The second-order valence-corrected chi connectivity index (χ2v) is 5.40. The van der Waals surface area contributed by atoms with Crippen LogP contribution in [0.2, 0.25) is 0 Å². The summed E-state index contributed by atoms with van der Waals surface area (Å²) in [6.07, 6.45) is 2.49. The molecule has 5 nitrogen and oxygen atoms in total. The Labute approximate surface area is 102 Å². The standard InChI is InChI=1S/C12H20N2O3/c1-8(2)9-10(15)13-6-7-14(9)11(16)17-12(3,4)5/h6-9H,1-5H3,(H,13,15). The lowest BCUT2D eigenvalue weighted by Crippen LogP contribution is -2.52. The van der Waals surface area contributed by atoms with Gasteiger partial charge in [0.1, 0.15) is 11.6 Å². The van der Waals surface area contributed by atoms with E-state index in [1.54, 1.807) is 27.0 Å². The molecular formula is C12H20N2O3. The largest absolute Gasteiger partial charge is 0.443 e. The minimum atomic E-state index is -0.569. The molecule has 0 radical (unpaired) electrons. The third-order valence-corrected chi connectivity index (χ3v) is 2.26. The van der Waals surface area contributed by atoms with Gasteiger partial charge in [0.05, 0.1) is 0 Å². The second-order valence-electron chi connectivity index (χ2n) is 5.40. The Morgan fingerprint density at radius 1 is 1.47 bits per heavy atom. The molecule has 0 bridgehead atoms. The lowest BCUT2D eigenvalue weighted by atomic mass is 10.0. The predicted molar refractivity (Wildman–Crippen MR) is 64.0 cm³/mol. The van der Waals surface area contributed by atoms with Crippen molar-refractivity contribution in [1.29, 1.82) is 0 Å². The summed E-state index contributed by atoms with van der Waals surface area (Å²) in [6.45, 7) is 9.16. The van der Waals surface area contributed by atoms with Crippen LogP contribution in [0.4, 0.5) is 4.79 Å². The summed E-state index contributed by atoms with van der Waals surface area (Å²) >= 11 is 0. The van der Waals surface area contributed by atoms with E-state index in [1.165, 1.54) is 11.1 Å². The predicted octanol–water partition coefficient (Wildman–Crippen LogP) is 1.85. The Morgan fingerprint density at radius 2 is 2.06 bits per heavy atom. The monoisotopic (exact) mass is 240 g/mol. The van der Waals surface area contributed by atoms with Crippen LogP contribution in [-0.4, -0.2) is 28.5 Å². The van der Waals surface area contributed by atoms with Gasteiger partial charge in [0.2, 0.25) is 5.91 Å². The van der Waals surface area contributed by atoms with Gasteiger partial charge >= 0.3 is 6.09 Å². The summed E-state index contributed by atoms with van der Waals surface area (Å²) in [7, 11) is 0. The van der Waals surface area contributed by atoms with Crippen molar-refractivity contribution >= 4 is 12.0 Å². The molecule has 96 valence electrons. The van der Waals surface area contributed by atoms with E-state index in [-0.39, 0.29) is 11.8 Å². The maximum absolute atomic E-state index is 11.9. The molecule has 0 aromatic carbocycles. The summed E-state index contributed by atoms with van der Waals surface area (Å²) in [5.74, 6) is -0.166. The van der Waals surface area contributed by atoms with Gasteiger partial charge in [-0.2, -0.15) is 0 Å². The number of carbonyl (C=O) groups excluding carboxylic acids is 2. The third kappa shape index (κ3) is 3.47. The van der Waals surface area contributed by atoms with Gasteiger partial charge in [-0.3, -0.25) is 9.69 Å². The van der Waals surface area contributed by atoms with Crippen LogP contribution < -0.4 is 5.32 Å². The van der Waals surface area contributed by atoms with Crippen LogP contribution in [0.15, 0.2) is 12.4 Å². The average Bonchev–Trinajstić information content (AvgIpc) is 2.13. The van der Waals surface area contributed by atoms with Crippen molar-refractivity contribution in [3.8, 4) is 0 Å². The van der Waals surface area contributed by atoms with Crippen molar-refractivity contribution < 1.29 is 14.3 Å². The molecule has 0 spiro atoms. The number of ether oxygens (including phenoxy) is 1. The minimum Gasteiger partial charge on any atom is -0.443 e. The Kier molecular flexibility index (Phi) is 3.80. The first-order chi connectivity index (χ1) is 7.72. The topological polar surface area (TPSA) is 58.6 Å². The fourth-order valence-corrected chi connectivity index (χ4v) is 1.62. The fraction of sp³-hybridized carbons (Fsp3) is 0.667. The highest BCUT2D eigenvalue weighted by Crippen LogP contribution is 2.18. The molecule has 1 aliphatic heterocycles. The molecule has 17 heavy (non-hydrogen) atoms. The summed E-state index contributed by atoms with van der Waals surface area (Å²) < 4.78 is 5.26. The molecule has 0 aliphatic carbocycles. The summed E-state index contributed by atoms with van der Waals surface area (Å²) in [5.41, 5.74) is -0.569. The van der Waals surface area contributed by atoms with Gasteiger partial charge < -0.3 is 10.1 Å². The van der Waals surface area contributed by atoms with Crippen LogP contribution in [-0.2, 0) is 9.53 Å². The molecule has 0 fully saturated rings. The summed E-state index contributed by atoms with van der Waals surface area (Å²) in [4.78, 5) is 25.0. The highest BCUT2D eigenvalue weighted by molar-refractivity contribution is 5.88. The van der Waals surface area contributed by atoms with E-state index in [0.29, 0.717) is 0 Å². The van der Waals surface area contributed by atoms with Crippen LogP contribution in [0, 0.1) is 5.92 Å². The maximum atomic E-state index is 11.9. The average molecular weight is 240 g/mol. The van der Waals surface area contributed by atoms with E-state index in [0.717, 1.165) is 0 Å². The number of nitrogens with one attached hydrogen (secondary N) is 1. The molecule has 0 saturated heterocycles. The molecule has 1 atom stereocenters. The molecule has 1 rings (SSSR count). The van der Waals surface area contributed by atoms with Crippen molar-refractivity contribution in [3.63, 3.8) is 0 Å². The molecule has 1 N–H and O–H groups in total. The minimum absolute atomic E-state index is 0.0208. The second kappa shape index (κ2) is 4.77. The van der Waals surface area contributed by atoms with Crippen LogP contribution in [0.25, 0.3) is 0 Å². The van der Waals surface area contributed by atoms with Gasteiger partial charge in [-0.25, -0.2) is 4.79 Å². The van der Waals surface area contributed by atoms with Crippen molar-refractivity contribution in [2.75, 3.05) is 0 Å². The number of hydrogen-bond acceptors (Lipinski definition) is 3. The molecule has 1 unspecified atom stereocenters. The van der Waals surface area contributed by atoms with Gasteiger partial charge in [-0.1, -0.05) is 13.8 Å². The summed E-state index contributed by atoms with van der Waals surface area (Å²) in [6, 6.07) is -0.519. The van der Waals surface area contributed by atoms with E-state index in [4.69, 9.17) is 4.74 Å². The zero-order valence-electron chi connectivity index (χ0n) is 11.0. The first-order valence-electron chi connectivity index (χ1n) is 5.71. The third-order valence-electron chi connectivity index (χ3n) is 2.26. The van der Waals surface area contributed by atoms with Crippen LogP contribution in [0.3, 0.4) is 0 Å². The quantitative estimate of drug-likeness (QED) is 0.761. The van der Waals surface area contributed by atoms with Gasteiger partial charge in [-0.05, 0) is 26.7 Å². The Hall–Kier alpha value is -1.52. The molecule has 1 heterocycles. The van der Waals surface area contributed by atoms with Crippen LogP contribution >= 0.6 is 0 Å². The van der Waals surface area contributed by atoms with Crippen molar-refractivity contribution in [3.05, 3.63) is 12.4 Å². The van der Waals surface area contributed by atoms with E-state index >= 15 is 0 Å². The fourth-order valence-electron chi connectivity index (χ4n) is 1.62. The summed E-state index contributed by atoms with van der Waals surface area (Å²) in [5, 5.41) is 2.59. The van der Waals surface area contributed by atoms with Crippen molar-refractivity contribution in [2.45, 2.75) is 46.3 Å². The Bertz CT molecular complexity index is 342. The zero-order chi connectivity index (χ0) is 13.2. The van der Waals surface area contributed by atoms with Gasteiger partial charge in [0.15, 0.2) is 0 Å². The maximum Gasteiger partial charge on any atom is 0.415 e. The Morgan fingerprint density at radius 3 is 2.53 bits per heavy atom. The van der Waals surface area contributed by atoms with E-state index < -0.39 is 17.7 Å². The number of hydrogen-bond donors (Lipinski definition) is 1. The van der Waals surface area contributed by atoms with E-state index in [9.17, 15) is 9.59 Å². The molecule has 0 aromatic heterocycles.